The predicted octanol–water partition coefficient (Wildman–Crippen LogP) is 4.18. The normalized spacial score (nSPS) is 11.6. The van der Waals surface area contributed by atoms with Crippen LogP contribution in [0.1, 0.15) is 21.5 Å². The quantitative estimate of drug-likeness (QED) is 0.441. The third-order valence-corrected chi connectivity index (χ3v) is 7.66. The van der Waals surface area contributed by atoms with Crippen molar-refractivity contribution >= 4 is 49.0 Å². The van der Waals surface area contributed by atoms with Crippen LogP contribution in [-0.4, -0.2) is 29.9 Å². The predicted molar refractivity (Wildman–Crippen MR) is 127 cm³/mol. The van der Waals surface area contributed by atoms with Crippen LogP contribution in [0.2, 0.25) is 5.02 Å². The Morgan fingerprint density at radius 3 is 2.06 bits per heavy atom. The summed E-state index contributed by atoms with van der Waals surface area (Å²) in [6.45, 7) is 1.80. The van der Waals surface area contributed by atoms with Crippen LogP contribution in [0.5, 0.6) is 0 Å². The summed E-state index contributed by atoms with van der Waals surface area (Å²) in [7, 11) is -6.41. The minimum absolute atomic E-state index is 0.0412. The van der Waals surface area contributed by atoms with Gasteiger partial charge in [-0.05, 0) is 66.6 Å². The van der Waals surface area contributed by atoms with Crippen molar-refractivity contribution in [3.63, 3.8) is 0 Å². The molecule has 0 bridgehead atoms. The van der Waals surface area contributed by atoms with Crippen LogP contribution in [0, 0.1) is 6.92 Å². The van der Waals surface area contributed by atoms with E-state index >= 15 is 0 Å². The summed E-state index contributed by atoms with van der Waals surface area (Å²) >= 11 is 6.04. The molecule has 174 valence electrons. The number of sulfonamides is 2. The van der Waals surface area contributed by atoms with Gasteiger partial charge in [0.2, 0.25) is 10.0 Å². The maximum Gasteiger partial charge on any atom is 0.337 e. The average Bonchev–Trinajstić information content (AvgIpc) is 2.76. The average molecular weight is 509 g/mol. The molecule has 3 rings (SSSR count). The van der Waals surface area contributed by atoms with E-state index in [1.54, 1.807) is 19.1 Å². The number of nitrogens with one attached hydrogen (secondary N) is 2. The topological polar surface area (TPSA) is 119 Å². The molecule has 0 amide bonds. The van der Waals surface area contributed by atoms with Crippen molar-refractivity contribution in [1.29, 1.82) is 0 Å². The van der Waals surface area contributed by atoms with E-state index in [9.17, 15) is 21.6 Å². The molecule has 0 atom stereocenters. The van der Waals surface area contributed by atoms with Crippen LogP contribution in [0.4, 0.5) is 11.4 Å². The second kappa shape index (κ2) is 9.82. The van der Waals surface area contributed by atoms with Gasteiger partial charge in [0.15, 0.2) is 0 Å². The lowest BCUT2D eigenvalue weighted by molar-refractivity contribution is 0.0600. The Kier molecular flexibility index (Phi) is 7.31. The van der Waals surface area contributed by atoms with Crippen molar-refractivity contribution in [2.24, 2.45) is 0 Å². The van der Waals surface area contributed by atoms with Crippen molar-refractivity contribution < 1.29 is 26.4 Å². The fraction of sp³-hybridized carbons (Fsp3) is 0.136. The molecule has 0 saturated carbocycles. The van der Waals surface area contributed by atoms with Gasteiger partial charge in [0.25, 0.3) is 10.0 Å². The Morgan fingerprint density at radius 2 is 1.48 bits per heavy atom. The Bertz CT molecular complexity index is 1370. The number of benzene rings is 3. The summed E-state index contributed by atoms with van der Waals surface area (Å²) in [5, 5.41) is 0.430. The van der Waals surface area contributed by atoms with Crippen molar-refractivity contribution in [2.75, 3.05) is 16.6 Å². The van der Waals surface area contributed by atoms with Crippen LogP contribution in [0.3, 0.4) is 0 Å². The van der Waals surface area contributed by atoms with E-state index in [-0.39, 0.29) is 16.3 Å². The molecule has 3 aromatic rings. The molecule has 3 aromatic carbocycles. The van der Waals surface area contributed by atoms with Crippen molar-refractivity contribution in [3.8, 4) is 0 Å². The second-order valence-electron chi connectivity index (χ2n) is 7.14. The van der Waals surface area contributed by atoms with E-state index in [4.69, 9.17) is 11.6 Å². The van der Waals surface area contributed by atoms with E-state index in [0.717, 1.165) is 5.56 Å². The van der Waals surface area contributed by atoms with Crippen molar-refractivity contribution in [1.82, 2.24) is 0 Å². The van der Waals surface area contributed by atoms with Gasteiger partial charge in [0.05, 0.1) is 29.0 Å². The smallest absolute Gasteiger partial charge is 0.337 e. The SMILES string of the molecule is COC(=O)c1ccc(CS(=O)(=O)Nc2ccc(S(=O)(=O)Nc3ccc(C)c(Cl)c3)cc2)cc1. The van der Waals surface area contributed by atoms with Gasteiger partial charge in [0.1, 0.15) is 0 Å². The maximum atomic E-state index is 12.6. The maximum absolute atomic E-state index is 12.6. The number of halogens is 1. The van der Waals surface area contributed by atoms with Crippen LogP contribution in [-0.2, 0) is 30.5 Å². The van der Waals surface area contributed by atoms with E-state index in [2.05, 4.69) is 14.2 Å². The zero-order valence-electron chi connectivity index (χ0n) is 17.7. The molecule has 0 aliphatic carbocycles. The largest absolute Gasteiger partial charge is 0.465 e. The first-order chi connectivity index (χ1) is 15.5. The molecular formula is C22H21ClN2O6S2. The minimum Gasteiger partial charge on any atom is -0.465 e. The first-order valence-electron chi connectivity index (χ1n) is 9.56. The number of anilines is 2. The Morgan fingerprint density at radius 1 is 0.879 bits per heavy atom. The zero-order chi connectivity index (χ0) is 24.2. The molecule has 33 heavy (non-hydrogen) atoms. The van der Waals surface area contributed by atoms with Gasteiger partial charge in [0, 0.05) is 10.7 Å². The number of ether oxygens (including phenoxy) is 1. The summed E-state index contributed by atoms with van der Waals surface area (Å²) in [5.41, 5.74) is 2.11. The number of aryl methyl sites for hydroxylation is 1. The Labute approximate surface area is 197 Å². The van der Waals surface area contributed by atoms with Gasteiger partial charge in [-0.25, -0.2) is 21.6 Å². The molecule has 2 N–H and O–H groups in total. The Balaban J connectivity index is 1.68. The van der Waals surface area contributed by atoms with E-state index in [0.29, 0.717) is 21.8 Å². The monoisotopic (exact) mass is 508 g/mol. The summed E-state index contributed by atoms with van der Waals surface area (Å²) < 4.78 is 59.6. The molecular weight excluding hydrogens is 488 g/mol. The first kappa shape index (κ1) is 24.6. The summed E-state index contributed by atoms with van der Waals surface area (Å²) in [6.07, 6.45) is 0. The van der Waals surface area contributed by atoms with Gasteiger partial charge >= 0.3 is 5.97 Å². The standard InChI is InChI=1S/C22H21ClN2O6S2/c1-15-3-8-19(13-21(15)23)25-33(29,30)20-11-9-18(10-12-20)24-32(27,28)14-16-4-6-17(7-5-16)22(26)31-2/h3-13,24-25H,14H2,1-2H3. The summed E-state index contributed by atoms with van der Waals surface area (Å²) in [6, 6.07) is 16.1. The van der Waals surface area contributed by atoms with Gasteiger partial charge in [-0.1, -0.05) is 29.8 Å². The number of rotatable bonds is 8. The highest BCUT2D eigenvalue weighted by atomic mass is 35.5. The van der Waals surface area contributed by atoms with Gasteiger partial charge in [-0.3, -0.25) is 9.44 Å². The Hall–Kier alpha value is -3.08. The molecule has 0 radical (unpaired) electrons. The van der Waals surface area contributed by atoms with Crippen LogP contribution in [0.25, 0.3) is 0 Å². The van der Waals surface area contributed by atoms with Gasteiger partial charge < -0.3 is 4.74 Å². The number of hydrogen-bond acceptors (Lipinski definition) is 6. The number of carbonyl (C=O) groups excluding carboxylic acids is 1. The minimum atomic E-state index is -3.89. The third-order valence-electron chi connectivity index (χ3n) is 4.59. The van der Waals surface area contributed by atoms with Crippen molar-refractivity contribution in [2.45, 2.75) is 17.6 Å². The molecule has 0 aliphatic heterocycles. The number of methoxy groups -OCH3 is 1. The highest BCUT2D eigenvalue weighted by Gasteiger charge is 2.17. The van der Waals surface area contributed by atoms with Crippen molar-refractivity contribution in [3.05, 3.63) is 88.4 Å². The van der Waals surface area contributed by atoms with Crippen LogP contribution in [0.15, 0.2) is 71.6 Å². The lowest BCUT2D eigenvalue weighted by Gasteiger charge is -2.11. The molecule has 0 aliphatic rings. The summed E-state index contributed by atoms with van der Waals surface area (Å²) in [5.74, 6) is -0.845. The van der Waals surface area contributed by atoms with Crippen LogP contribution >= 0.6 is 11.6 Å². The number of hydrogen-bond donors (Lipinski definition) is 2. The number of esters is 1. The van der Waals surface area contributed by atoms with Gasteiger partial charge in [-0.2, -0.15) is 0 Å². The molecule has 0 unspecified atom stereocenters. The fourth-order valence-corrected chi connectivity index (χ4v) is 5.29. The first-order valence-corrected chi connectivity index (χ1v) is 13.1. The molecule has 0 fully saturated rings. The van der Waals surface area contributed by atoms with E-state index in [1.165, 1.54) is 61.7 Å². The molecule has 0 heterocycles. The lowest BCUT2D eigenvalue weighted by atomic mass is 10.1. The molecule has 11 heteroatoms. The second-order valence-corrected chi connectivity index (χ2v) is 11.0. The third kappa shape index (κ3) is 6.47. The summed E-state index contributed by atoms with van der Waals surface area (Å²) in [4.78, 5) is 11.4. The van der Waals surface area contributed by atoms with E-state index < -0.39 is 26.0 Å². The zero-order valence-corrected chi connectivity index (χ0v) is 20.1. The molecule has 8 nitrogen and oxygen atoms in total. The highest BCUT2D eigenvalue weighted by molar-refractivity contribution is 7.92. The van der Waals surface area contributed by atoms with Crippen LogP contribution < -0.4 is 9.44 Å². The van der Waals surface area contributed by atoms with E-state index in [1.807, 2.05) is 0 Å². The van der Waals surface area contributed by atoms with Gasteiger partial charge in [-0.15, -0.1) is 0 Å². The highest BCUT2D eigenvalue weighted by Crippen LogP contribution is 2.23. The lowest BCUT2D eigenvalue weighted by Crippen LogP contribution is -2.16. The fourth-order valence-electron chi connectivity index (χ4n) is 2.86. The molecule has 0 saturated heterocycles. The molecule has 0 aromatic heterocycles. The number of carbonyl (C=O) groups is 1. The molecule has 0 spiro atoms.